The lowest BCUT2D eigenvalue weighted by atomic mass is 9.97. The molecule has 3 nitrogen and oxygen atoms in total. The number of rotatable bonds is 4. The van der Waals surface area contributed by atoms with Crippen molar-refractivity contribution in [1.82, 2.24) is 10.2 Å². The molecule has 1 aromatic heterocycles. The lowest BCUT2D eigenvalue weighted by molar-refractivity contribution is 0.200. The normalized spacial score (nSPS) is 17.6. The number of methoxy groups -OCH3 is 1. The van der Waals surface area contributed by atoms with Gasteiger partial charge < -0.3 is 10.1 Å². The Hall–Kier alpha value is -1.36. The maximum atomic E-state index is 5.34. The Labute approximate surface area is 130 Å². The van der Waals surface area contributed by atoms with E-state index in [4.69, 9.17) is 4.74 Å². The smallest absolute Gasteiger partial charge is 0.119 e. The van der Waals surface area contributed by atoms with Gasteiger partial charge in [0.05, 0.1) is 13.2 Å². The summed E-state index contributed by atoms with van der Waals surface area (Å²) >= 11 is 1.84. The predicted molar refractivity (Wildman–Crippen MR) is 88.3 cm³/mol. The van der Waals surface area contributed by atoms with Crippen LogP contribution in [0.25, 0.3) is 0 Å². The van der Waals surface area contributed by atoms with Gasteiger partial charge in [-0.3, -0.25) is 4.90 Å². The maximum absolute atomic E-state index is 5.34. The highest BCUT2D eigenvalue weighted by molar-refractivity contribution is 7.10. The second-order valence-electron chi connectivity index (χ2n) is 5.43. The van der Waals surface area contributed by atoms with E-state index in [1.54, 1.807) is 7.11 Å². The average Bonchev–Trinajstić information content (AvgIpc) is 3.04. The second kappa shape index (κ2) is 6.60. The van der Waals surface area contributed by atoms with Crippen LogP contribution in [0.2, 0.25) is 0 Å². The van der Waals surface area contributed by atoms with Crippen LogP contribution in [-0.4, -0.2) is 38.2 Å². The van der Waals surface area contributed by atoms with Crippen LogP contribution in [0, 0.1) is 6.92 Å². The zero-order chi connectivity index (χ0) is 14.7. The molecule has 1 aliphatic heterocycles. The highest BCUT2D eigenvalue weighted by atomic mass is 32.1. The van der Waals surface area contributed by atoms with Gasteiger partial charge in [0.1, 0.15) is 5.75 Å². The Kier molecular flexibility index (Phi) is 4.58. The molecule has 1 atom stereocenters. The summed E-state index contributed by atoms with van der Waals surface area (Å²) in [6, 6.07) is 11.2. The number of hydrogen-bond acceptors (Lipinski definition) is 4. The van der Waals surface area contributed by atoms with Crippen molar-refractivity contribution < 1.29 is 4.74 Å². The number of benzene rings is 1. The minimum absolute atomic E-state index is 0.359. The molecule has 0 unspecified atom stereocenters. The van der Waals surface area contributed by atoms with Crippen molar-refractivity contribution >= 4 is 11.3 Å². The molecule has 0 radical (unpaired) electrons. The van der Waals surface area contributed by atoms with Crippen LogP contribution < -0.4 is 10.1 Å². The van der Waals surface area contributed by atoms with Gasteiger partial charge in [-0.05, 0) is 41.6 Å². The van der Waals surface area contributed by atoms with Crippen molar-refractivity contribution in [3.8, 4) is 5.75 Å². The summed E-state index contributed by atoms with van der Waals surface area (Å²) in [6.45, 7) is 6.50. The van der Waals surface area contributed by atoms with E-state index in [9.17, 15) is 0 Å². The molecule has 2 heterocycles. The maximum Gasteiger partial charge on any atom is 0.119 e. The third kappa shape index (κ3) is 3.12. The molecule has 0 amide bonds. The van der Waals surface area contributed by atoms with Gasteiger partial charge >= 0.3 is 0 Å². The van der Waals surface area contributed by atoms with E-state index in [2.05, 4.69) is 52.9 Å². The minimum atomic E-state index is 0.359. The molecule has 112 valence electrons. The number of piperazine rings is 1. The fraction of sp³-hybridized carbons (Fsp3) is 0.412. The van der Waals surface area contributed by atoms with Crippen molar-refractivity contribution in [2.45, 2.75) is 13.0 Å². The van der Waals surface area contributed by atoms with Crippen LogP contribution in [-0.2, 0) is 0 Å². The van der Waals surface area contributed by atoms with E-state index < -0.39 is 0 Å². The zero-order valence-corrected chi connectivity index (χ0v) is 13.5. The number of nitrogens with zero attached hydrogens (tertiary/aromatic N) is 1. The van der Waals surface area contributed by atoms with Gasteiger partial charge in [0.15, 0.2) is 0 Å². The molecule has 0 bridgehead atoms. The number of hydrogen-bond donors (Lipinski definition) is 1. The van der Waals surface area contributed by atoms with E-state index in [0.717, 1.165) is 31.9 Å². The first-order valence-electron chi connectivity index (χ1n) is 7.42. The lowest BCUT2D eigenvalue weighted by Gasteiger charge is -2.35. The van der Waals surface area contributed by atoms with Crippen molar-refractivity contribution in [2.24, 2.45) is 0 Å². The molecule has 21 heavy (non-hydrogen) atoms. The molecule has 0 saturated carbocycles. The van der Waals surface area contributed by atoms with E-state index >= 15 is 0 Å². The van der Waals surface area contributed by atoms with Crippen LogP contribution in [0.4, 0.5) is 0 Å². The van der Waals surface area contributed by atoms with Gasteiger partial charge in [-0.15, -0.1) is 11.3 Å². The predicted octanol–water partition coefficient (Wildman–Crippen LogP) is 3.06. The molecule has 2 aromatic rings. The third-order valence-corrected chi connectivity index (χ3v) is 5.03. The molecule has 1 aliphatic rings. The van der Waals surface area contributed by atoms with Crippen LogP contribution >= 0.6 is 11.3 Å². The van der Waals surface area contributed by atoms with Crippen molar-refractivity contribution in [3.05, 3.63) is 51.7 Å². The summed E-state index contributed by atoms with van der Waals surface area (Å²) in [5, 5.41) is 5.61. The molecule has 1 saturated heterocycles. The monoisotopic (exact) mass is 302 g/mol. The Morgan fingerprint density at radius 1 is 1.24 bits per heavy atom. The molecule has 0 spiro atoms. The number of thiophene rings is 1. The summed E-state index contributed by atoms with van der Waals surface area (Å²) in [4.78, 5) is 4.00. The molecule has 1 fully saturated rings. The first-order chi connectivity index (χ1) is 10.3. The number of aryl methyl sites for hydroxylation is 1. The molecule has 0 aliphatic carbocycles. The quantitative estimate of drug-likeness (QED) is 0.939. The summed E-state index contributed by atoms with van der Waals surface area (Å²) in [5.41, 5.74) is 2.69. The standard InChI is InChI=1S/C17H22N2OS/c1-13-12-14(20-2)5-6-15(13)17(16-4-3-11-21-16)19-9-7-18-8-10-19/h3-6,11-12,17-18H,7-10H2,1-2H3/t17-/m1/s1. The van der Waals surface area contributed by atoms with Gasteiger partial charge in [-0.25, -0.2) is 0 Å². The van der Waals surface area contributed by atoms with Crippen molar-refractivity contribution in [2.75, 3.05) is 33.3 Å². The minimum Gasteiger partial charge on any atom is -0.497 e. The van der Waals surface area contributed by atoms with Gasteiger partial charge in [-0.2, -0.15) is 0 Å². The third-order valence-electron chi connectivity index (χ3n) is 4.10. The van der Waals surface area contributed by atoms with Gasteiger partial charge in [0.25, 0.3) is 0 Å². The Morgan fingerprint density at radius 2 is 2.05 bits per heavy atom. The largest absolute Gasteiger partial charge is 0.497 e. The van der Waals surface area contributed by atoms with Gasteiger partial charge in [0, 0.05) is 31.1 Å². The summed E-state index contributed by atoms with van der Waals surface area (Å²) in [5.74, 6) is 0.932. The first kappa shape index (κ1) is 14.6. The van der Waals surface area contributed by atoms with Gasteiger partial charge in [-0.1, -0.05) is 12.1 Å². The fourth-order valence-corrected chi connectivity index (χ4v) is 3.88. The first-order valence-corrected chi connectivity index (χ1v) is 8.30. The van der Waals surface area contributed by atoms with Gasteiger partial charge in [0.2, 0.25) is 0 Å². The highest BCUT2D eigenvalue weighted by Gasteiger charge is 2.25. The van der Waals surface area contributed by atoms with Crippen molar-refractivity contribution in [3.63, 3.8) is 0 Å². The Balaban J connectivity index is 1.98. The topological polar surface area (TPSA) is 24.5 Å². The zero-order valence-electron chi connectivity index (χ0n) is 12.6. The highest BCUT2D eigenvalue weighted by Crippen LogP contribution is 2.34. The Bertz CT molecular complexity index is 576. The average molecular weight is 302 g/mol. The van der Waals surface area contributed by atoms with E-state index in [1.165, 1.54) is 16.0 Å². The number of nitrogens with one attached hydrogen (secondary N) is 1. The summed E-state index contributed by atoms with van der Waals surface area (Å²) < 4.78 is 5.34. The van der Waals surface area contributed by atoms with E-state index in [1.807, 2.05) is 11.3 Å². The molecule has 3 rings (SSSR count). The molecule has 1 aromatic carbocycles. The number of ether oxygens (including phenoxy) is 1. The molecule has 1 N–H and O–H groups in total. The van der Waals surface area contributed by atoms with E-state index in [0.29, 0.717) is 6.04 Å². The SMILES string of the molecule is COc1ccc([C@H](c2cccs2)N2CCNCC2)c(C)c1. The second-order valence-corrected chi connectivity index (χ2v) is 6.41. The molecular weight excluding hydrogens is 280 g/mol. The molecule has 4 heteroatoms. The van der Waals surface area contributed by atoms with Crippen molar-refractivity contribution in [1.29, 1.82) is 0 Å². The molecular formula is C17H22N2OS. The van der Waals surface area contributed by atoms with Crippen LogP contribution in [0.5, 0.6) is 5.75 Å². The Morgan fingerprint density at radius 3 is 2.67 bits per heavy atom. The lowest BCUT2D eigenvalue weighted by Crippen LogP contribution is -2.45. The van der Waals surface area contributed by atoms with Crippen LogP contribution in [0.15, 0.2) is 35.7 Å². The fourth-order valence-electron chi connectivity index (χ4n) is 3.00. The van der Waals surface area contributed by atoms with E-state index in [-0.39, 0.29) is 0 Å². The summed E-state index contributed by atoms with van der Waals surface area (Å²) in [6.07, 6.45) is 0. The van der Waals surface area contributed by atoms with Crippen LogP contribution in [0.1, 0.15) is 22.0 Å². The summed E-state index contributed by atoms with van der Waals surface area (Å²) in [7, 11) is 1.72. The van der Waals surface area contributed by atoms with Crippen LogP contribution in [0.3, 0.4) is 0 Å².